The van der Waals surface area contributed by atoms with Crippen molar-refractivity contribution in [3.05, 3.63) is 52.5 Å². The maximum atomic E-state index is 11.4. The molecule has 1 N–H and O–H groups in total. The average molecular weight is 481 g/mol. The molecular formula is C19H18Cl2N6O3S. The summed E-state index contributed by atoms with van der Waals surface area (Å²) in [6.07, 6.45) is 7.10. The van der Waals surface area contributed by atoms with E-state index in [9.17, 15) is 8.42 Å². The number of aryl methyl sites for hydroxylation is 1. The molecular weight excluding hydrogens is 463 g/mol. The van der Waals surface area contributed by atoms with Gasteiger partial charge in [-0.05, 0) is 13.0 Å². The van der Waals surface area contributed by atoms with Crippen LogP contribution in [0.15, 0.2) is 36.9 Å². The molecule has 0 bridgehead atoms. The smallest absolute Gasteiger partial charge is 0.214 e. The molecule has 0 saturated heterocycles. The first-order chi connectivity index (χ1) is 14.7. The summed E-state index contributed by atoms with van der Waals surface area (Å²) >= 11 is 12.4. The second-order valence-electron chi connectivity index (χ2n) is 7.02. The van der Waals surface area contributed by atoms with Crippen molar-refractivity contribution < 1.29 is 13.2 Å². The van der Waals surface area contributed by atoms with Gasteiger partial charge in [0, 0.05) is 42.0 Å². The number of nitrogens with one attached hydrogen (secondary N) is 1. The molecule has 0 aliphatic carbocycles. The molecule has 0 aliphatic heterocycles. The zero-order valence-corrected chi connectivity index (χ0v) is 18.9. The van der Waals surface area contributed by atoms with Crippen LogP contribution in [0.1, 0.15) is 18.6 Å². The Balaban J connectivity index is 1.60. The Hall–Kier alpha value is -2.69. The van der Waals surface area contributed by atoms with E-state index >= 15 is 0 Å². The summed E-state index contributed by atoms with van der Waals surface area (Å²) < 4.78 is 30.3. The Morgan fingerprint density at radius 3 is 2.65 bits per heavy atom. The van der Waals surface area contributed by atoms with E-state index in [1.54, 1.807) is 23.1 Å². The predicted molar refractivity (Wildman–Crippen MR) is 118 cm³/mol. The van der Waals surface area contributed by atoms with Crippen LogP contribution in [0.25, 0.3) is 22.3 Å². The van der Waals surface area contributed by atoms with Gasteiger partial charge in [0.25, 0.3) is 0 Å². The number of rotatable bonds is 7. The minimum Gasteiger partial charge on any atom is -0.470 e. The molecule has 4 aromatic heterocycles. The van der Waals surface area contributed by atoms with Crippen molar-refractivity contribution in [2.45, 2.75) is 19.6 Å². The number of halogens is 2. The quantitative estimate of drug-likeness (QED) is 0.428. The lowest BCUT2D eigenvalue weighted by molar-refractivity contribution is 0.218. The van der Waals surface area contributed by atoms with Crippen molar-refractivity contribution in [3.8, 4) is 17.1 Å². The summed E-state index contributed by atoms with van der Waals surface area (Å²) in [5.41, 5.74) is 3.23. The molecule has 0 unspecified atom stereocenters. The van der Waals surface area contributed by atoms with Crippen LogP contribution < -0.4 is 4.74 Å². The number of aromatic nitrogens is 6. The lowest BCUT2D eigenvalue weighted by Gasteiger charge is -2.16. The zero-order chi connectivity index (χ0) is 22.2. The summed E-state index contributed by atoms with van der Waals surface area (Å²) in [5, 5.41) is 12.3. The topological polar surface area (TPSA) is 116 Å². The van der Waals surface area contributed by atoms with Crippen molar-refractivity contribution in [1.82, 2.24) is 29.9 Å². The first kappa shape index (κ1) is 21.5. The van der Waals surface area contributed by atoms with Crippen molar-refractivity contribution in [3.63, 3.8) is 0 Å². The van der Waals surface area contributed by atoms with Gasteiger partial charge in [-0.2, -0.15) is 10.2 Å². The maximum Gasteiger partial charge on any atom is 0.214 e. The zero-order valence-electron chi connectivity index (χ0n) is 16.6. The van der Waals surface area contributed by atoms with Gasteiger partial charge in [0.15, 0.2) is 0 Å². The molecule has 0 saturated carbocycles. The summed E-state index contributed by atoms with van der Waals surface area (Å²) in [5.74, 6) is 0.375. The highest BCUT2D eigenvalue weighted by atomic mass is 35.5. The summed E-state index contributed by atoms with van der Waals surface area (Å²) in [6.45, 7) is 2.08. The number of H-pyrrole nitrogens is 1. The van der Waals surface area contributed by atoms with Gasteiger partial charge >= 0.3 is 0 Å². The standard InChI is InChI=1S/C19H18Cl2N6O3S/c1-11(17-13(20)8-22-9-14(17)21)30-16-4-3-15-19(24-16)18(26-25-15)12-7-23-27(10-12)5-6-31(2,28)29/h3-4,7-11H,5-6H2,1-2H3,(H,25,26)/t11-/m1/s1. The van der Waals surface area contributed by atoms with E-state index in [0.29, 0.717) is 38.3 Å². The normalized spacial score (nSPS) is 12.9. The Kier molecular flexibility index (Phi) is 5.87. The van der Waals surface area contributed by atoms with Crippen LogP contribution >= 0.6 is 23.2 Å². The van der Waals surface area contributed by atoms with Crippen LogP contribution in [-0.4, -0.2) is 50.4 Å². The molecule has 0 spiro atoms. The van der Waals surface area contributed by atoms with E-state index < -0.39 is 15.9 Å². The Morgan fingerprint density at radius 2 is 1.94 bits per heavy atom. The first-order valence-electron chi connectivity index (χ1n) is 9.22. The van der Waals surface area contributed by atoms with Crippen molar-refractivity contribution >= 4 is 44.1 Å². The monoisotopic (exact) mass is 480 g/mol. The molecule has 31 heavy (non-hydrogen) atoms. The predicted octanol–water partition coefficient (Wildman–Crippen LogP) is 3.71. The van der Waals surface area contributed by atoms with Crippen LogP contribution in [-0.2, 0) is 16.4 Å². The highest BCUT2D eigenvalue weighted by molar-refractivity contribution is 7.90. The molecule has 0 aliphatic rings. The number of hydrogen-bond donors (Lipinski definition) is 1. The van der Waals surface area contributed by atoms with Crippen molar-refractivity contribution in [1.29, 1.82) is 0 Å². The number of ether oxygens (including phenoxy) is 1. The number of pyridine rings is 2. The third-order valence-corrected chi connectivity index (χ3v) is 6.10. The fourth-order valence-electron chi connectivity index (χ4n) is 3.07. The van der Waals surface area contributed by atoms with E-state index in [-0.39, 0.29) is 12.3 Å². The van der Waals surface area contributed by atoms with E-state index in [4.69, 9.17) is 27.9 Å². The number of sulfone groups is 1. The molecule has 4 aromatic rings. The fraction of sp³-hybridized carbons (Fsp3) is 0.263. The number of hydrogen-bond acceptors (Lipinski definition) is 7. The molecule has 9 nitrogen and oxygen atoms in total. The van der Waals surface area contributed by atoms with Gasteiger partial charge in [-0.25, -0.2) is 13.4 Å². The Labute approximate surface area is 188 Å². The number of aromatic amines is 1. The molecule has 0 radical (unpaired) electrons. The largest absolute Gasteiger partial charge is 0.470 e. The lowest BCUT2D eigenvalue weighted by Crippen LogP contribution is -2.11. The third-order valence-electron chi connectivity index (χ3n) is 4.57. The van der Waals surface area contributed by atoms with Crippen LogP contribution in [0, 0.1) is 0 Å². The molecule has 1 atom stereocenters. The van der Waals surface area contributed by atoms with Gasteiger partial charge in [-0.15, -0.1) is 0 Å². The SMILES string of the molecule is C[C@@H](Oc1ccc2[nH]nc(-c3cnn(CCS(C)(=O)=O)c3)c2n1)c1c(Cl)cncc1Cl. The highest BCUT2D eigenvalue weighted by Crippen LogP contribution is 2.33. The molecule has 4 rings (SSSR count). The second-order valence-corrected chi connectivity index (χ2v) is 10.1. The van der Waals surface area contributed by atoms with Crippen LogP contribution in [0.3, 0.4) is 0 Å². The minimum absolute atomic E-state index is 0.00366. The van der Waals surface area contributed by atoms with Crippen molar-refractivity contribution in [2.24, 2.45) is 0 Å². The third kappa shape index (κ3) is 4.81. The summed E-state index contributed by atoms with van der Waals surface area (Å²) in [4.78, 5) is 8.53. The molecule has 12 heteroatoms. The van der Waals surface area contributed by atoms with Crippen LogP contribution in [0.2, 0.25) is 10.0 Å². The van der Waals surface area contributed by atoms with E-state index in [2.05, 4.69) is 25.3 Å². The molecule has 0 fully saturated rings. The first-order valence-corrected chi connectivity index (χ1v) is 12.0. The van der Waals surface area contributed by atoms with Crippen molar-refractivity contribution in [2.75, 3.05) is 12.0 Å². The van der Waals surface area contributed by atoms with Gasteiger partial charge in [-0.3, -0.25) is 14.8 Å². The van der Waals surface area contributed by atoms with Gasteiger partial charge < -0.3 is 4.74 Å². The van der Waals surface area contributed by atoms with Crippen LogP contribution in [0.5, 0.6) is 5.88 Å². The van der Waals surface area contributed by atoms with E-state index in [0.717, 1.165) is 5.52 Å². The Morgan fingerprint density at radius 1 is 1.19 bits per heavy atom. The maximum absolute atomic E-state index is 11.4. The van der Waals surface area contributed by atoms with Gasteiger partial charge in [0.2, 0.25) is 5.88 Å². The average Bonchev–Trinajstić information content (AvgIpc) is 3.32. The highest BCUT2D eigenvalue weighted by Gasteiger charge is 2.18. The summed E-state index contributed by atoms with van der Waals surface area (Å²) in [6, 6.07) is 3.53. The van der Waals surface area contributed by atoms with Gasteiger partial charge in [-0.1, -0.05) is 23.2 Å². The second kappa shape index (κ2) is 8.45. The number of fused-ring (bicyclic) bond motifs is 1. The molecule has 0 amide bonds. The fourth-order valence-corrected chi connectivity index (χ4v) is 4.26. The summed E-state index contributed by atoms with van der Waals surface area (Å²) in [7, 11) is -3.08. The molecule has 0 aromatic carbocycles. The minimum atomic E-state index is -3.08. The van der Waals surface area contributed by atoms with E-state index in [1.807, 2.05) is 13.0 Å². The lowest BCUT2D eigenvalue weighted by atomic mass is 10.2. The van der Waals surface area contributed by atoms with E-state index in [1.165, 1.54) is 18.6 Å². The van der Waals surface area contributed by atoms with Gasteiger partial charge in [0.1, 0.15) is 27.2 Å². The van der Waals surface area contributed by atoms with Gasteiger partial charge in [0.05, 0.1) is 34.1 Å². The molecule has 162 valence electrons. The molecule has 4 heterocycles. The number of nitrogens with zero attached hydrogens (tertiary/aromatic N) is 5. The van der Waals surface area contributed by atoms with Crippen LogP contribution in [0.4, 0.5) is 0 Å². The Bertz CT molecular complexity index is 1330.